The zero-order valence-electron chi connectivity index (χ0n) is 16.8. The van der Waals surface area contributed by atoms with Gasteiger partial charge in [0.1, 0.15) is 11.3 Å². The normalized spacial score (nSPS) is 16.0. The molecule has 6 heteroatoms. The van der Waals surface area contributed by atoms with Crippen LogP contribution in [-0.4, -0.2) is 42.5 Å². The van der Waals surface area contributed by atoms with E-state index in [4.69, 9.17) is 4.98 Å². The molecule has 0 amide bonds. The highest BCUT2D eigenvalue weighted by molar-refractivity contribution is 5.74. The first-order valence-electron chi connectivity index (χ1n) is 10.6. The summed E-state index contributed by atoms with van der Waals surface area (Å²) >= 11 is 0. The standard InChI is InChI=1S/C23H26N6/c1-2-4-22-27-20-5-3-10-26-23(20)29(22)18-8-13-28(14-9-18)16-17-6-7-19-21(15-17)25-12-11-24-19/h3,5-7,10-12,15,18H,2,4,8-9,13-14,16H2,1H3. The number of piperidine rings is 1. The van der Waals surface area contributed by atoms with E-state index in [1.54, 1.807) is 12.4 Å². The van der Waals surface area contributed by atoms with Gasteiger partial charge in [0.25, 0.3) is 0 Å². The van der Waals surface area contributed by atoms with Crippen molar-refractivity contribution in [3.63, 3.8) is 0 Å². The predicted octanol–water partition coefficient (Wildman–Crippen LogP) is 4.16. The van der Waals surface area contributed by atoms with Gasteiger partial charge in [-0.1, -0.05) is 13.0 Å². The van der Waals surface area contributed by atoms with Gasteiger partial charge < -0.3 is 4.57 Å². The van der Waals surface area contributed by atoms with E-state index in [0.29, 0.717) is 6.04 Å². The van der Waals surface area contributed by atoms with Crippen LogP contribution in [0, 0.1) is 0 Å². The lowest BCUT2D eigenvalue weighted by atomic mass is 10.0. The predicted molar refractivity (Wildman–Crippen MR) is 115 cm³/mol. The smallest absolute Gasteiger partial charge is 0.160 e. The lowest BCUT2D eigenvalue weighted by Crippen LogP contribution is -2.34. The van der Waals surface area contributed by atoms with Crippen LogP contribution in [0.1, 0.15) is 43.6 Å². The van der Waals surface area contributed by atoms with Crippen LogP contribution in [0.5, 0.6) is 0 Å². The maximum Gasteiger partial charge on any atom is 0.160 e. The third kappa shape index (κ3) is 3.60. The molecule has 0 bridgehead atoms. The molecule has 0 saturated carbocycles. The number of hydrogen-bond donors (Lipinski definition) is 0. The Labute approximate surface area is 170 Å². The summed E-state index contributed by atoms with van der Waals surface area (Å²) in [7, 11) is 0. The van der Waals surface area contributed by atoms with Crippen LogP contribution in [0.25, 0.3) is 22.2 Å². The van der Waals surface area contributed by atoms with Gasteiger partial charge >= 0.3 is 0 Å². The van der Waals surface area contributed by atoms with E-state index >= 15 is 0 Å². The molecule has 1 fully saturated rings. The lowest BCUT2D eigenvalue weighted by Gasteiger charge is -2.33. The van der Waals surface area contributed by atoms with Crippen molar-refractivity contribution in [1.29, 1.82) is 0 Å². The number of pyridine rings is 1. The molecule has 1 aliphatic rings. The van der Waals surface area contributed by atoms with Gasteiger partial charge in [0.05, 0.1) is 11.0 Å². The molecule has 0 spiro atoms. The van der Waals surface area contributed by atoms with Crippen LogP contribution in [0.4, 0.5) is 0 Å². The second-order valence-electron chi connectivity index (χ2n) is 7.88. The van der Waals surface area contributed by atoms with Gasteiger partial charge in [-0.2, -0.15) is 0 Å². The number of likely N-dealkylation sites (tertiary alicyclic amines) is 1. The van der Waals surface area contributed by atoms with E-state index in [1.807, 2.05) is 12.3 Å². The molecular formula is C23H26N6. The van der Waals surface area contributed by atoms with Crippen molar-refractivity contribution in [2.45, 2.75) is 45.2 Å². The second kappa shape index (κ2) is 7.87. The Morgan fingerprint density at radius 2 is 1.76 bits per heavy atom. The Balaban J connectivity index is 1.31. The highest BCUT2D eigenvalue weighted by atomic mass is 15.2. The molecule has 1 saturated heterocycles. The van der Waals surface area contributed by atoms with Crippen molar-refractivity contribution in [2.24, 2.45) is 0 Å². The average Bonchev–Trinajstić information content (AvgIpc) is 3.12. The molecule has 0 atom stereocenters. The maximum absolute atomic E-state index is 4.87. The first-order chi connectivity index (χ1) is 14.3. The van der Waals surface area contributed by atoms with Gasteiger partial charge in [0, 0.05) is 50.7 Å². The summed E-state index contributed by atoms with van der Waals surface area (Å²) in [6.07, 6.45) is 9.76. The van der Waals surface area contributed by atoms with Crippen molar-refractivity contribution >= 4 is 22.2 Å². The van der Waals surface area contributed by atoms with Crippen molar-refractivity contribution in [2.75, 3.05) is 13.1 Å². The number of fused-ring (bicyclic) bond motifs is 2. The zero-order chi connectivity index (χ0) is 19.6. The van der Waals surface area contributed by atoms with Crippen molar-refractivity contribution in [3.05, 3.63) is 60.3 Å². The van der Waals surface area contributed by atoms with Gasteiger partial charge in [0.2, 0.25) is 0 Å². The number of aryl methyl sites for hydroxylation is 1. The average molecular weight is 387 g/mol. The Morgan fingerprint density at radius 1 is 0.931 bits per heavy atom. The SMILES string of the molecule is CCCc1nc2cccnc2n1C1CCN(Cc2ccc3nccnc3c2)CC1. The van der Waals surface area contributed by atoms with Crippen LogP contribution in [-0.2, 0) is 13.0 Å². The fraction of sp³-hybridized carbons (Fsp3) is 0.391. The van der Waals surface area contributed by atoms with Crippen LogP contribution >= 0.6 is 0 Å². The van der Waals surface area contributed by atoms with E-state index in [9.17, 15) is 0 Å². The molecular weight excluding hydrogens is 360 g/mol. The van der Waals surface area contributed by atoms with E-state index in [2.05, 4.69) is 55.6 Å². The van der Waals surface area contributed by atoms with Gasteiger partial charge in [0.15, 0.2) is 5.65 Å². The number of hydrogen-bond acceptors (Lipinski definition) is 5. The Hall–Kier alpha value is -2.86. The van der Waals surface area contributed by atoms with Crippen LogP contribution in [0.3, 0.4) is 0 Å². The first-order valence-corrected chi connectivity index (χ1v) is 10.6. The topological polar surface area (TPSA) is 59.7 Å². The Morgan fingerprint density at radius 3 is 2.59 bits per heavy atom. The summed E-state index contributed by atoms with van der Waals surface area (Å²) < 4.78 is 2.42. The fourth-order valence-corrected chi connectivity index (χ4v) is 4.46. The fourth-order valence-electron chi connectivity index (χ4n) is 4.46. The van der Waals surface area contributed by atoms with Gasteiger partial charge in [-0.05, 0) is 49.1 Å². The minimum Gasteiger partial charge on any atom is -0.309 e. The van der Waals surface area contributed by atoms with Crippen LogP contribution in [0.15, 0.2) is 48.9 Å². The maximum atomic E-state index is 4.87. The first kappa shape index (κ1) is 18.2. The van der Waals surface area contributed by atoms with Gasteiger partial charge in [-0.15, -0.1) is 0 Å². The van der Waals surface area contributed by atoms with E-state index in [0.717, 1.165) is 67.5 Å². The molecule has 4 heterocycles. The molecule has 148 valence electrons. The second-order valence-corrected chi connectivity index (χ2v) is 7.88. The molecule has 5 rings (SSSR count). The molecule has 0 unspecified atom stereocenters. The lowest BCUT2D eigenvalue weighted by molar-refractivity contribution is 0.179. The van der Waals surface area contributed by atoms with Crippen molar-refractivity contribution in [1.82, 2.24) is 29.4 Å². The largest absolute Gasteiger partial charge is 0.309 e. The molecule has 0 aliphatic carbocycles. The number of nitrogens with zero attached hydrogens (tertiary/aromatic N) is 6. The molecule has 1 aromatic carbocycles. The quantitative estimate of drug-likeness (QED) is 0.515. The van der Waals surface area contributed by atoms with Crippen LogP contribution in [0.2, 0.25) is 0 Å². The third-order valence-electron chi connectivity index (χ3n) is 5.86. The highest BCUT2D eigenvalue weighted by Gasteiger charge is 2.24. The molecule has 1 aliphatic heterocycles. The minimum absolute atomic E-state index is 0.482. The number of benzene rings is 1. The van der Waals surface area contributed by atoms with E-state index < -0.39 is 0 Å². The summed E-state index contributed by atoms with van der Waals surface area (Å²) in [6.45, 7) is 5.35. The van der Waals surface area contributed by atoms with E-state index in [1.165, 1.54) is 11.4 Å². The van der Waals surface area contributed by atoms with Crippen molar-refractivity contribution in [3.8, 4) is 0 Å². The Kier molecular flexibility index (Phi) is 4.94. The van der Waals surface area contributed by atoms with Gasteiger partial charge in [-0.3, -0.25) is 14.9 Å². The molecule has 4 aromatic rings. The molecule has 6 nitrogen and oxygen atoms in total. The zero-order valence-corrected chi connectivity index (χ0v) is 16.8. The summed E-state index contributed by atoms with van der Waals surface area (Å²) in [6, 6.07) is 11.0. The molecule has 3 aromatic heterocycles. The number of rotatable bonds is 5. The Bertz CT molecular complexity index is 1130. The third-order valence-corrected chi connectivity index (χ3v) is 5.86. The molecule has 0 radical (unpaired) electrons. The molecule has 0 N–H and O–H groups in total. The minimum atomic E-state index is 0.482. The summed E-state index contributed by atoms with van der Waals surface area (Å²) in [5.41, 5.74) is 5.30. The highest BCUT2D eigenvalue weighted by Crippen LogP contribution is 2.29. The summed E-state index contributed by atoms with van der Waals surface area (Å²) in [5.74, 6) is 1.19. The summed E-state index contributed by atoms with van der Waals surface area (Å²) in [5, 5.41) is 0. The summed E-state index contributed by atoms with van der Waals surface area (Å²) in [4.78, 5) is 20.9. The monoisotopic (exact) mass is 386 g/mol. The van der Waals surface area contributed by atoms with Gasteiger partial charge in [-0.25, -0.2) is 9.97 Å². The van der Waals surface area contributed by atoms with Crippen LogP contribution < -0.4 is 0 Å². The van der Waals surface area contributed by atoms with E-state index in [-0.39, 0.29) is 0 Å². The number of imidazole rings is 1. The van der Waals surface area contributed by atoms with Crippen molar-refractivity contribution < 1.29 is 0 Å². The molecule has 29 heavy (non-hydrogen) atoms. The number of aromatic nitrogens is 5.